The van der Waals surface area contributed by atoms with Gasteiger partial charge in [-0.15, -0.1) is 9.53 Å². The van der Waals surface area contributed by atoms with Gasteiger partial charge in [0.2, 0.25) is 11.0 Å². The lowest BCUT2D eigenvalue weighted by atomic mass is 10.3. The average Bonchev–Trinajstić information content (AvgIpc) is 2.27. The first-order valence-electron chi connectivity index (χ1n) is 3.51. The van der Waals surface area contributed by atoms with Crippen LogP contribution in [0.3, 0.4) is 0 Å². The highest BCUT2D eigenvalue weighted by atomic mass is 35.5. The van der Waals surface area contributed by atoms with E-state index in [0.717, 1.165) is 0 Å². The van der Waals surface area contributed by atoms with E-state index < -0.39 is 0 Å². The van der Waals surface area contributed by atoms with Gasteiger partial charge in [0.15, 0.2) is 0 Å². The number of hydrogen-bond acceptors (Lipinski definition) is 2. The molecule has 0 bridgehead atoms. The first-order chi connectivity index (χ1) is 6.09. The summed E-state index contributed by atoms with van der Waals surface area (Å²) in [6.07, 6.45) is 0. The van der Waals surface area contributed by atoms with Crippen molar-refractivity contribution in [2.45, 2.75) is 0 Å². The molecule has 0 aliphatic heterocycles. The van der Waals surface area contributed by atoms with Gasteiger partial charge in [-0.05, 0) is 6.07 Å². The first kappa shape index (κ1) is 8.59. The molecule has 0 aliphatic carbocycles. The highest BCUT2D eigenvalue weighted by Crippen LogP contribution is 2.24. The Morgan fingerprint density at radius 1 is 1.46 bits per heavy atom. The van der Waals surface area contributed by atoms with Crippen molar-refractivity contribution in [1.82, 2.24) is 9.90 Å². The van der Waals surface area contributed by atoms with Crippen molar-refractivity contribution in [3.8, 4) is 0 Å². The molecule has 4 nitrogen and oxygen atoms in total. The van der Waals surface area contributed by atoms with Crippen molar-refractivity contribution in [2.24, 2.45) is 7.05 Å². The summed E-state index contributed by atoms with van der Waals surface area (Å²) in [5.41, 5.74) is 0.959. The largest absolute Gasteiger partial charge is 0.691 e. The van der Waals surface area contributed by atoms with Gasteiger partial charge in [0.1, 0.15) is 7.05 Å². The van der Waals surface area contributed by atoms with E-state index in [9.17, 15) is 5.21 Å². The minimum atomic E-state index is 0.375. The van der Waals surface area contributed by atoms with Crippen LogP contribution in [0.2, 0.25) is 10.0 Å². The lowest BCUT2D eigenvalue weighted by Crippen LogP contribution is -2.29. The summed E-state index contributed by atoms with van der Waals surface area (Å²) >= 11 is 11.6. The van der Waals surface area contributed by atoms with Gasteiger partial charge >= 0.3 is 0 Å². The molecular weight excluding hydrogens is 213 g/mol. The van der Waals surface area contributed by atoms with Crippen LogP contribution in [0.5, 0.6) is 0 Å². The van der Waals surface area contributed by atoms with Crippen LogP contribution < -0.4 is 4.85 Å². The zero-order chi connectivity index (χ0) is 9.59. The van der Waals surface area contributed by atoms with Crippen molar-refractivity contribution in [3.63, 3.8) is 0 Å². The fourth-order valence-electron chi connectivity index (χ4n) is 1.23. The molecule has 0 spiro atoms. The van der Waals surface area contributed by atoms with E-state index in [1.807, 2.05) is 0 Å². The molecule has 0 unspecified atom stereocenters. The standard InChI is InChI=1S/C7H5Cl2N3O/c1-11-7-5(9)2-4(8)3-6(7)12(13)10-11/h2-3H,1H3. The van der Waals surface area contributed by atoms with Crippen molar-refractivity contribution in [3.05, 3.63) is 27.4 Å². The number of aromatic nitrogens is 3. The van der Waals surface area contributed by atoms with Gasteiger partial charge in [0.25, 0.3) is 0 Å². The summed E-state index contributed by atoms with van der Waals surface area (Å²) in [6.45, 7) is 0. The lowest BCUT2D eigenvalue weighted by molar-refractivity contribution is -0.646. The van der Waals surface area contributed by atoms with E-state index in [-0.39, 0.29) is 0 Å². The van der Waals surface area contributed by atoms with Gasteiger partial charge in [-0.2, -0.15) is 0 Å². The smallest absolute Gasteiger partial charge is 0.216 e. The molecule has 0 aliphatic rings. The number of halogens is 2. The molecule has 2 rings (SSSR count). The van der Waals surface area contributed by atoms with Crippen LogP contribution in [0.4, 0.5) is 0 Å². The molecule has 0 radical (unpaired) electrons. The minimum absolute atomic E-state index is 0.375. The second kappa shape index (κ2) is 2.75. The number of aryl methyl sites for hydroxylation is 1. The molecule has 0 atom stereocenters. The van der Waals surface area contributed by atoms with E-state index in [4.69, 9.17) is 23.2 Å². The lowest BCUT2D eigenvalue weighted by Gasteiger charge is -1.94. The third-order valence-electron chi connectivity index (χ3n) is 1.75. The maximum Gasteiger partial charge on any atom is 0.216 e. The van der Waals surface area contributed by atoms with Crippen LogP contribution in [-0.4, -0.2) is 9.90 Å². The van der Waals surface area contributed by atoms with Crippen LogP contribution in [0.1, 0.15) is 0 Å². The Kier molecular flexibility index (Phi) is 1.82. The Hall–Kier alpha value is -1.000. The number of nitrogens with zero attached hydrogens (tertiary/aromatic N) is 3. The van der Waals surface area contributed by atoms with Crippen molar-refractivity contribution < 1.29 is 4.85 Å². The molecule has 0 saturated carbocycles. The zero-order valence-corrected chi connectivity index (χ0v) is 8.17. The van der Waals surface area contributed by atoms with E-state index in [0.29, 0.717) is 25.9 Å². The van der Waals surface area contributed by atoms with Gasteiger partial charge < -0.3 is 5.21 Å². The SMILES string of the molecule is Cn1n[n+]([O-])c2cc(Cl)cc(Cl)c21. The van der Waals surface area contributed by atoms with Crippen LogP contribution in [0, 0.1) is 5.21 Å². The van der Waals surface area contributed by atoms with E-state index in [1.165, 1.54) is 10.7 Å². The van der Waals surface area contributed by atoms with Gasteiger partial charge in [0.05, 0.1) is 10.2 Å². The molecule has 68 valence electrons. The normalized spacial score (nSPS) is 11.0. The maximum atomic E-state index is 11.2. The summed E-state index contributed by atoms with van der Waals surface area (Å²) in [5, 5.41) is 15.6. The summed E-state index contributed by atoms with van der Waals surface area (Å²) < 4.78 is 1.42. The van der Waals surface area contributed by atoms with Gasteiger partial charge in [-0.1, -0.05) is 23.2 Å². The van der Waals surface area contributed by atoms with Crippen LogP contribution in [0.15, 0.2) is 12.1 Å². The van der Waals surface area contributed by atoms with Crippen molar-refractivity contribution in [1.29, 1.82) is 0 Å². The Balaban J connectivity index is 2.97. The monoisotopic (exact) mass is 217 g/mol. The van der Waals surface area contributed by atoms with E-state index in [2.05, 4.69) is 5.21 Å². The highest BCUT2D eigenvalue weighted by Gasteiger charge is 2.15. The van der Waals surface area contributed by atoms with E-state index >= 15 is 0 Å². The van der Waals surface area contributed by atoms with Crippen molar-refractivity contribution >= 4 is 34.2 Å². The summed E-state index contributed by atoms with van der Waals surface area (Å²) in [7, 11) is 1.65. The highest BCUT2D eigenvalue weighted by molar-refractivity contribution is 6.38. The van der Waals surface area contributed by atoms with Crippen LogP contribution >= 0.6 is 23.2 Å². The second-order valence-corrected chi connectivity index (χ2v) is 3.48. The molecule has 0 fully saturated rings. The molecule has 0 amide bonds. The summed E-state index contributed by atoms with van der Waals surface area (Å²) in [6, 6.07) is 3.11. The second-order valence-electron chi connectivity index (χ2n) is 2.64. The minimum Gasteiger partial charge on any atom is -0.691 e. The van der Waals surface area contributed by atoms with Gasteiger partial charge in [0, 0.05) is 11.1 Å². The quantitative estimate of drug-likeness (QED) is 0.497. The molecule has 1 aromatic carbocycles. The van der Waals surface area contributed by atoms with Crippen molar-refractivity contribution in [2.75, 3.05) is 0 Å². The molecule has 1 heterocycles. The van der Waals surface area contributed by atoms with Gasteiger partial charge in [-0.3, -0.25) is 0 Å². The third-order valence-corrected chi connectivity index (χ3v) is 2.26. The summed E-state index contributed by atoms with van der Waals surface area (Å²) in [5.74, 6) is 0. The molecule has 6 heteroatoms. The molecule has 1 aromatic heterocycles. The number of hydrogen-bond donors (Lipinski definition) is 0. The fourth-order valence-corrected chi connectivity index (χ4v) is 1.84. The zero-order valence-electron chi connectivity index (χ0n) is 6.66. The fraction of sp³-hybridized carbons (Fsp3) is 0.143. The Morgan fingerprint density at radius 3 is 2.85 bits per heavy atom. The number of fused-ring (bicyclic) bond motifs is 1. The average molecular weight is 218 g/mol. The Morgan fingerprint density at radius 2 is 2.15 bits per heavy atom. The van der Waals surface area contributed by atoms with Crippen LogP contribution in [-0.2, 0) is 7.05 Å². The molecule has 0 N–H and O–H groups in total. The van der Waals surface area contributed by atoms with Gasteiger partial charge in [-0.25, -0.2) is 0 Å². The predicted octanol–water partition coefficient (Wildman–Crippen LogP) is 1.51. The molecular formula is C7H5Cl2N3O. The maximum absolute atomic E-state index is 11.2. The predicted molar refractivity (Wildman–Crippen MR) is 49.7 cm³/mol. The molecule has 13 heavy (non-hydrogen) atoms. The third kappa shape index (κ3) is 1.22. The van der Waals surface area contributed by atoms with E-state index in [1.54, 1.807) is 13.1 Å². The number of rotatable bonds is 0. The topological polar surface area (TPSA) is 44.8 Å². The number of benzene rings is 1. The molecule has 0 saturated heterocycles. The molecule has 2 aromatic rings. The Labute approximate surface area is 83.8 Å². The first-order valence-corrected chi connectivity index (χ1v) is 4.27. The van der Waals surface area contributed by atoms with Crippen LogP contribution in [0.25, 0.3) is 11.0 Å². The summed E-state index contributed by atoms with van der Waals surface area (Å²) in [4.78, 5) is 0.493. The Bertz CT molecular complexity index is 480.